The summed E-state index contributed by atoms with van der Waals surface area (Å²) in [7, 11) is 0. The van der Waals surface area contributed by atoms with Crippen LogP contribution < -0.4 is 5.32 Å². The van der Waals surface area contributed by atoms with Gasteiger partial charge in [-0.05, 0) is 24.1 Å². The van der Waals surface area contributed by atoms with E-state index in [1.807, 2.05) is 48.5 Å². The first-order valence-electron chi connectivity index (χ1n) is 7.39. The van der Waals surface area contributed by atoms with Crippen LogP contribution in [0, 0.1) is 0 Å². The zero-order valence-corrected chi connectivity index (χ0v) is 12.2. The summed E-state index contributed by atoms with van der Waals surface area (Å²) < 4.78 is 5.51. The third kappa shape index (κ3) is 6.54. The molecule has 1 atom stereocenters. The van der Waals surface area contributed by atoms with Crippen LogP contribution >= 0.6 is 0 Å². The van der Waals surface area contributed by atoms with Gasteiger partial charge in [-0.3, -0.25) is 0 Å². The van der Waals surface area contributed by atoms with Gasteiger partial charge in [0.25, 0.3) is 0 Å². The van der Waals surface area contributed by atoms with E-state index in [9.17, 15) is 5.11 Å². The summed E-state index contributed by atoms with van der Waals surface area (Å²) in [6.07, 6.45) is 0.503. The summed E-state index contributed by atoms with van der Waals surface area (Å²) in [5, 5.41) is 13.1. The highest BCUT2D eigenvalue weighted by molar-refractivity contribution is 5.15. The molecular formula is C18H23NO2. The van der Waals surface area contributed by atoms with Crippen molar-refractivity contribution in [3.63, 3.8) is 0 Å². The second kappa shape index (κ2) is 9.29. The van der Waals surface area contributed by atoms with Crippen LogP contribution in [-0.4, -0.2) is 30.9 Å². The molecule has 0 heterocycles. The van der Waals surface area contributed by atoms with Crippen LogP contribution in [0.1, 0.15) is 11.1 Å². The monoisotopic (exact) mass is 285 g/mol. The number of benzene rings is 2. The number of rotatable bonds is 9. The molecule has 0 unspecified atom stereocenters. The fourth-order valence-electron chi connectivity index (χ4n) is 2.09. The lowest BCUT2D eigenvalue weighted by atomic mass is 10.1. The molecule has 2 N–H and O–H groups in total. The molecular weight excluding hydrogens is 262 g/mol. The minimum atomic E-state index is -0.468. The first-order chi connectivity index (χ1) is 10.3. The van der Waals surface area contributed by atoms with Gasteiger partial charge >= 0.3 is 0 Å². The van der Waals surface area contributed by atoms with Crippen molar-refractivity contribution in [1.82, 2.24) is 5.32 Å². The van der Waals surface area contributed by atoms with Gasteiger partial charge in [-0.2, -0.15) is 0 Å². The molecule has 112 valence electrons. The molecule has 3 heteroatoms. The molecule has 3 nitrogen and oxygen atoms in total. The Balaban J connectivity index is 1.52. The Morgan fingerprint density at radius 2 is 1.52 bits per heavy atom. The Hall–Kier alpha value is -1.68. The van der Waals surface area contributed by atoms with Crippen molar-refractivity contribution in [3.8, 4) is 0 Å². The first-order valence-corrected chi connectivity index (χ1v) is 7.39. The summed E-state index contributed by atoms with van der Waals surface area (Å²) >= 11 is 0. The van der Waals surface area contributed by atoms with Gasteiger partial charge in [0, 0.05) is 6.54 Å². The van der Waals surface area contributed by atoms with Crippen molar-refractivity contribution in [3.05, 3.63) is 71.8 Å². The second-order valence-corrected chi connectivity index (χ2v) is 5.09. The second-order valence-electron chi connectivity index (χ2n) is 5.09. The predicted molar refractivity (Wildman–Crippen MR) is 85.1 cm³/mol. The van der Waals surface area contributed by atoms with Crippen LogP contribution in [0.25, 0.3) is 0 Å². The van der Waals surface area contributed by atoms with Crippen molar-refractivity contribution < 1.29 is 9.84 Å². The van der Waals surface area contributed by atoms with Gasteiger partial charge in [-0.25, -0.2) is 0 Å². The average molecular weight is 285 g/mol. The van der Waals surface area contributed by atoms with Gasteiger partial charge in [-0.1, -0.05) is 60.7 Å². The van der Waals surface area contributed by atoms with Crippen LogP contribution in [0.15, 0.2) is 60.7 Å². The molecule has 0 saturated carbocycles. The van der Waals surface area contributed by atoms with Gasteiger partial charge in [-0.15, -0.1) is 0 Å². The minimum Gasteiger partial charge on any atom is -0.389 e. The van der Waals surface area contributed by atoms with Gasteiger partial charge in [0.15, 0.2) is 0 Å². The predicted octanol–water partition coefficient (Wildman–Crippen LogP) is 2.40. The maximum Gasteiger partial charge on any atom is 0.0897 e. The molecule has 0 aliphatic heterocycles. The van der Waals surface area contributed by atoms with E-state index < -0.39 is 6.10 Å². The van der Waals surface area contributed by atoms with Crippen LogP contribution in [-0.2, 0) is 17.8 Å². The van der Waals surface area contributed by atoms with E-state index in [1.54, 1.807) is 0 Å². The number of ether oxygens (including phenoxy) is 1. The molecule has 21 heavy (non-hydrogen) atoms. The molecule has 0 bridgehead atoms. The summed E-state index contributed by atoms with van der Waals surface area (Å²) in [5.74, 6) is 0. The zero-order valence-electron chi connectivity index (χ0n) is 12.2. The summed E-state index contributed by atoms with van der Waals surface area (Å²) in [5.41, 5.74) is 2.43. The molecule has 0 fully saturated rings. The van der Waals surface area contributed by atoms with E-state index in [4.69, 9.17) is 4.74 Å². The zero-order chi connectivity index (χ0) is 14.8. The van der Waals surface area contributed by atoms with E-state index in [0.29, 0.717) is 19.8 Å². The number of hydrogen-bond donors (Lipinski definition) is 2. The Bertz CT molecular complexity index is 487. The molecule has 2 rings (SSSR count). The van der Waals surface area contributed by atoms with Gasteiger partial charge in [0.2, 0.25) is 0 Å². The fraction of sp³-hybridized carbons (Fsp3) is 0.333. The highest BCUT2D eigenvalue weighted by atomic mass is 16.5. The molecule has 0 aliphatic carbocycles. The topological polar surface area (TPSA) is 41.5 Å². The number of hydrogen-bond acceptors (Lipinski definition) is 3. The Kier molecular flexibility index (Phi) is 6.95. The number of aliphatic hydroxyl groups excluding tert-OH is 1. The summed E-state index contributed by atoms with van der Waals surface area (Å²) in [6.45, 7) is 2.32. The van der Waals surface area contributed by atoms with Crippen LogP contribution in [0.4, 0.5) is 0 Å². The SMILES string of the molecule is O[C@@H](CNCCc1ccccc1)COCc1ccccc1. The lowest BCUT2D eigenvalue weighted by Crippen LogP contribution is -2.31. The molecule has 0 spiro atoms. The Labute approximate surface area is 126 Å². The minimum absolute atomic E-state index is 0.354. The fourth-order valence-corrected chi connectivity index (χ4v) is 2.09. The molecule has 0 saturated heterocycles. The first kappa shape index (κ1) is 15.7. The number of nitrogens with one attached hydrogen (secondary N) is 1. The quantitative estimate of drug-likeness (QED) is 0.695. The van der Waals surface area contributed by atoms with Crippen molar-refractivity contribution in [2.24, 2.45) is 0 Å². The molecule has 2 aromatic rings. The standard InChI is InChI=1S/C18H23NO2/c20-18(15-21-14-17-9-5-2-6-10-17)13-19-12-11-16-7-3-1-4-8-16/h1-10,18-20H,11-15H2/t18-/m0/s1. The van der Waals surface area contributed by atoms with Crippen molar-refractivity contribution in [2.75, 3.05) is 19.7 Å². The average Bonchev–Trinajstić information content (AvgIpc) is 2.54. The van der Waals surface area contributed by atoms with Gasteiger partial charge in [0.05, 0.1) is 19.3 Å². The van der Waals surface area contributed by atoms with Crippen LogP contribution in [0.3, 0.4) is 0 Å². The van der Waals surface area contributed by atoms with Crippen LogP contribution in [0.2, 0.25) is 0 Å². The smallest absolute Gasteiger partial charge is 0.0897 e. The third-order valence-electron chi connectivity index (χ3n) is 3.24. The maximum absolute atomic E-state index is 9.84. The molecule has 0 amide bonds. The maximum atomic E-state index is 9.84. The van der Waals surface area contributed by atoms with Crippen molar-refractivity contribution >= 4 is 0 Å². The highest BCUT2D eigenvalue weighted by Gasteiger charge is 2.03. The summed E-state index contributed by atoms with van der Waals surface area (Å²) in [6, 6.07) is 20.3. The molecule has 0 radical (unpaired) electrons. The van der Waals surface area contributed by atoms with Crippen molar-refractivity contribution in [1.29, 1.82) is 0 Å². The molecule has 0 aliphatic rings. The highest BCUT2D eigenvalue weighted by Crippen LogP contribution is 2.01. The largest absolute Gasteiger partial charge is 0.389 e. The molecule has 0 aromatic heterocycles. The lowest BCUT2D eigenvalue weighted by Gasteiger charge is -2.12. The van der Waals surface area contributed by atoms with Gasteiger partial charge < -0.3 is 15.2 Å². The lowest BCUT2D eigenvalue weighted by molar-refractivity contribution is 0.0290. The Morgan fingerprint density at radius 1 is 0.905 bits per heavy atom. The van der Waals surface area contributed by atoms with E-state index in [0.717, 1.165) is 18.5 Å². The molecule has 2 aromatic carbocycles. The summed E-state index contributed by atoms with van der Waals surface area (Å²) in [4.78, 5) is 0. The third-order valence-corrected chi connectivity index (χ3v) is 3.24. The van der Waals surface area contributed by atoms with E-state index in [2.05, 4.69) is 17.4 Å². The normalized spacial score (nSPS) is 12.2. The van der Waals surface area contributed by atoms with E-state index >= 15 is 0 Å². The van der Waals surface area contributed by atoms with E-state index in [-0.39, 0.29) is 0 Å². The van der Waals surface area contributed by atoms with E-state index in [1.165, 1.54) is 5.56 Å². The Morgan fingerprint density at radius 3 is 2.19 bits per heavy atom. The van der Waals surface area contributed by atoms with Gasteiger partial charge in [0.1, 0.15) is 0 Å². The number of aliphatic hydroxyl groups is 1. The van der Waals surface area contributed by atoms with Crippen LogP contribution in [0.5, 0.6) is 0 Å². The van der Waals surface area contributed by atoms with Crippen molar-refractivity contribution in [2.45, 2.75) is 19.1 Å².